The Morgan fingerprint density at radius 2 is 1.50 bits per heavy atom. The van der Waals surface area contributed by atoms with E-state index in [2.05, 4.69) is 38.7 Å². The molecule has 1 aliphatic heterocycles. The predicted molar refractivity (Wildman–Crippen MR) is 155 cm³/mol. The lowest BCUT2D eigenvalue weighted by Gasteiger charge is -2.38. The highest BCUT2D eigenvalue weighted by Gasteiger charge is 2.24. The Morgan fingerprint density at radius 3 is 2.16 bits per heavy atom. The normalized spacial score (nSPS) is 13.3. The summed E-state index contributed by atoms with van der Waals surface area (Å²) in [6.07, 6.45) is 0.889. The van der Waals surface area contributed by atoms with Crippen molar-refractivity contribution in [2.45, 2.75) is 33.2 Å². The maximum absolute atomic E-state index is 13.2. The Bertz CT molecular complexity index is 1270. The average molecular weight is 516 g/mol. The molecule has 0 aromatic heterocycles. The molecule has 38 heavy (non-hydrogen) atoms. The molecule has 1 saturated heterocycles. The standard InChI is InChI=1S/C30H37N5O3/c1-5-22-9-8-10-23(19-22)32-30(37)33-24-13-14-26(25(20-24)29(36)31-21(2)3)34-15-17-35(18-16-34)27-11-6-7-12-28(27)38-4/h6-14,19-21H,5,15-18H2,1-4H3,(H,31,36)(H2,32,33,37). The topological polar surface area (TPSA) is 85.9 Å². The number of amides is 3. The lowest BCUT2D eigenvalue weighted by atomic mass is 10.1. The van der Waals surface area contributed by atoms with Gasteiger partial charge in [-0.15, -0.1) is 0 Å². The number of nitrogens with zero attached hydrogens (tertiary/aromatic N) is 2. The summed E-state index contributed by atoms with van der Waals surface area (Å²) in [5.74, 6) is 0.690. The molecule has 1 aliphatic rings. The molecular weight excluding hydrogens is 478 g/mol. The van der Waals surface area contributed by atoms with Crippen LogP contribution in [0, 0.1) is 0 Å². The van der Waals surface area contributed by atoms with Crippen LogP contribution in [0.25, 0.3) is 0 Å². The maximum atomic E-state index is 13.2. The largest absolute Gasteiger partial charge is 0.495 e. The van der Waals surface area contributed by atoms with Gasteiger partial charge in [0.05, 0.1) is 18.4 Å². The van der Waals surface area contributed by atoms with Gasteiger partial charge in [0.15, 0.2) is 0 Å². The first-order valence-electron chi connectivity index (χ1n) is 13.1. The smallest absolute Gasteiger partial charge is 0.323 e. The van der Waals surface area contributed by atoms with Crippen molar-refractivity contribution in [2.75, 3.05) is 53.7 Å². The summed E-state index contributed by atoms with van der Waals surface area (Å²) in [5.41, 5.74) is 4.89. The summed E-state index contributed by atoms with van der Waals surface area (Å²) >= 11 is 0. The number of hydrogen-bond donors (Lipinski definition) is 3. The zero-order valence-corrected chi connectivity index (χ0v) is 22.6. The Hall–Kier alpha value is -4.20. The van der Waals surface area contributed by atoms with Crippen molar-refractivity contribution in [1.29, 1.82) is 0 Å². The fraction of sp³-hybridized carbons (Fsp3) is 0.333. The Balaban J connectivity index is 1.50. The highest BCUT2D eigenvalue weighted by molar-refractivity contribution is 6.04. The van der Waals surface area contributed by atoms with E-state index in [1.807, 2.05) is 68.4 Å². The number of carbonyl (C=O) groups is 2. The highest BCUT2D eigenvalue weighted by Crippen LogP contribution is 2.31. The van der Waals surface area contributed by atoms with E-state index in [1.54, 1.807) is 13.2 Å². The van der Waals surface area contributed by atoms with E-state index in [-0.39, 0.29) is 18.0 Å². The molecule has 8 heteroatoms. The number of nitrogens with one attached hydrogen (secondary N) is 3. The minimum absolute atomic E-state index is 0.0106. The van der Waals surface area contributed by atoms with E-state index in [1.165, 1.54) is 0 Å². The van der Waals surface area contributed by atoms with E-state index in [0.29, 0.717) is 11.3 Å². The molecule has 0 aliphatic carbocycles. The number of hydrogen-bond acceptors (Lipinski definition) is 5. The summed E-state index contributed by atoms with van der Waals surface area (Å²) < 4.78 is 5.54. The van der Waals surface area contributed by atoms with Crippen molar-refractivity contribution < 1.29 is 14.3 Å². The third-order valence-corrected chi connectivity index (χ3v) is 6.56. The number of urea groups is 1. The number of methoxy groups -OCH3 is 1. The lowest BCUT2D eigenvalue weighted by molar-refractivity contribution is 0.0943. The second kappa shape index (κ2) is 12.4. The van der Waals surface area contributed by atoms with Crippen molar-refractivity contribution in [2.24, 2.45) is 0 Å². The number of para-hydroxylation sites is 2. The number of benzene rings is 3. The molecule has 3 aromatic rings. The molecule has 0 atom stereocenters. The minimum atomic E-state index is -0.355. The van der Waals surface area contributed by atoms with Gasteiger partial charge in [0.1, 0.15) is 5.75 Å². The van der Waals surface area contributed by atoms with Crippen LogP contribution in [-0.2, 0) is 6.42 Å². The van der Waals surface area contributed by atoms with Crippen LogP contribution in [0.2, 0.25) is 0 Å². The molecule has 0 saturated carbocycles. The SMILES string of the molecule is CCc1cccc(NC(=O)Nc2ccc(N3CCN(c4ccccc4OC)CC3)c(C(=O)NC(C)C)c2)c1. The van der Waals surface area contributed by atoms with E-state index in [0.717, 1.165) is 61.0 Å². The van der Waals surface area contributed by atoms with Gasteiger partial charge in [-0.1, -0.05) is 31.2 Å². The van der Waals surface area contributed by atoms with Crippen LogP contribution in [0.3, 0.4) is 0 Å². The summed E-state index contributed by atoms with van der Waals surface area (Å²) in [4.78, 5) is 30.4. The van der Waals surface area contributed by atoms with E-state index in [9.17, 15) is 9.59 Å². The molecule has 8 nitrogen and oxygen atoms in total. The predicted octanol–water partition coefficient (Wildman–Crippen LogP) is 5.37. The second-order valence-corrected chi connectivity index (χ2v) is 9.64. The molecule has 0 radical (unpaired) electrons. The molecule has 3 amide bonds. The van der Waals surface area contributed by atoms with Crippen LogP contribution >= 0.6 is 0 Å². The van der Waals surface area contributed by atoms with Crippen LogP contribution in [0.5, 0.6) is 5.75 Å². The molecular formula is C30H37N5O3. The Kier molecular flexibility index (Phi) is 8.73. The summed E-state index contributed by atoms with van der Waals surface area (Å²) in [7, 11) is 1.69. The van der Waals surface area contributed by atoms with Gasteiger partial charge in [-0.25, -0.2) is 4.79 Å². The number of rotatable bonds is 8. The molecule has 3 N–H and O–H groups in total. The van der Waals surface area contributed by atoms with Crippen molar-refractivity contribution in [3.8, 4) is 5.75 Å². The number of ether oxygens (including phenoxy) is 1. The molecule has 200 valence electrons. The van der Waals surface area contributed by atoms with Crippen LogP contribution in [-0.4, -0.2) is 51.3 Å². The number of anilines is 4. The van der Waals surface area contributed by atoms with Gasteiger partial charge in [0.25, 0.3) is 5.91 Å². The summed E-state index contributed by atoms with van der Waals surface area (Å²) in [6.45, 7) is 9.04. The van der Waals surface area contributed by atoms with Crippen molar-refractivity contribution in [3.63, 3.8) is 0 Å². The zero-order chi connectivity index (χ0) is 27.1. The van der Waals surface area contributed by atoms with Gasteiger partial charge in [-0.05, 0) is 68.3 Å². The van der Waals surface area contributed by atoms with Gasteiger partial charge in [0.2, 0.25) is 0 Å². The number of piperazine rings is 1. The molecule has 0 bridgehead atoms. The highest BCUT2D eigenvalue weighted by atomic mass is 16.5. The molecule has 0 spiro atoms. The third kappa shape index (κ3) is 6.56. The van der Waals surface area contributed by atoms with E-state index >= 15 is 0 Å². The second-order valence-electron chi connectivity index (χ2n) is 9.64. The molecule has 0 unspecified atom stereocenters. The van der Waals surface area contributed by atoms with Gasteiger partial charge in [0, 0.05) is 49.3 Å². The molecule has 1 fully saturated rings. The molecule has 4 rings (SSSR count). The molecule has 1 heterocycles. The van der Waals surface area contributed by atoms with Gasteiger partial charge in [-0.3, -0.25) is 4.79 Å². The zero-order valence-electron chi connectivity index (χ0n) is 22.6. The Morgan fingerprint density at radius 1 is 0.842 bits per heavy atom. The lowest BCUT2D eigenvalue weighted by Crippen LogP contribution is -2.47. The average Bonchev–Trinajstić information content (AvgIpc) is 2.92. The number of aryl methyl sites for hydroxylation is 1. The third-order valence-electron chi connectivity index (χ3n) is 6.56. The first-order chi connectivity index (χ1) is 18.4. The monoisotopic (exact) mass is 515 g/mol. The fourth-order valence-corrected chi connectivity index (χ4v) is 4.65. The first kappa shape index (κ1) is 26.9. The summed E-state index contributed by atoms with van der Waals surface area (Å²) in [5, 5.41) is 8.75. The molecule has 3 aromatic carbocycles. The van der Waals surface area contributed by atoms with Crippen molar-refractivity contribution in [3.05, 3.63) is 77.9 Å². The summed E-state index contributed by atoms with van der Waals surface area (Å²) in [6, 6.07) is 20.9. The van der Waals surface area contributed by atoms with Crippen LogP contribution in [0.4, 0.5) is 27.5 Å². The fourth-order valence-electron chi connectivity index (χ4n) is 4.65. The first-order valence-corrected chi connectivity index (χ1v) is 13.1. The van der Waals surface area contributed by atoms with Crippen molar-refractivity contribution >= 4 is 34.7 Å². The van der Waals surface area contributed by atoms with Crippen molar-refractivity contribution in [1.82, 2.24) is 5.32 Å². The van der Waals surface area contributed by atoms with E-state index in [4.69, 9.17) is 4.74 Å². The van der Waals surface area contributed by atoms with Crippen LogP contribution in [0.1, 0.15) is 36.7 Å². The Labute approximate surface area is 225 Å². The van der Waals surface area contributed by atoms with Crippen LogP contribution in [0.15, 0.2) is 66.7 Å². The minimum Gasteiger partial charge on any atom is -0.495 e. The quantitative estimate of drug-likeness (QED) is 0.376. The van der Waals surface area contributed by atoms with Gasteiger partial charge >= 0.3 is 6.03 Å². The van der Waals surface area contributed by atoms with Crippen LogP contribution < -0.4 is 30.5 Å². The van der Waals surface area contributed by atoms with E-state index < -0.39 is 0 Å². The maximum Gasteiger partial charge on any atom is 0.323 e. The van der Waals surface area contributed by atoms with Gasteiger partial charge in [-0.2, -0.15) is 0 Å². The number of carbonyl (C=O) groups excluding carboxylic acids is 2. The van der Waals surface area contributed by atoms with Gasteiger partial charge < -0.3 is 30.5 Å².